The molecule has 6 rings (SSSR count). The third-order valence-corrected chi connectivity index (χ3v) is 7.63. The van der Waals surface area contributed by atoms with E-state index in [1.165, 1.54) is 10.2 Å². The molecule has 40 heavy (non-hydrogen) atoms. The molecule has 1 aliphatic carbocycles. The number of carbonyl (C=O) groups excluding carboxylic acids is 2. The standard InChI is InChI=1S/C31H30N4O5/c1-39-27-19-21(5-4-14-33-15-17-40-18-16-33)10-13-24(27)23-11-8-22(9-12-23)20-34-29-28(32-35(34)38)30(36)25-6-2-3-7-26(25)31(29)37/h2-3,6-13,19H,4-5,14-18,20H2,1H3. The van der Waals surface area contributed by atoms with Gasteiger partial charge in [-0.25, -0.2) is 0 Å². The number of nitrogens with zero attached hydrogens (tertiary/aromatic N) is 4. The molecule has 0 N–H and O–H groups in total. The highest BCUT2D eigenvalue weighted by Crippen LogP contribution is 2.32. The molecule has 0 spiro atoms. The van der Waals surface area contributed by atoms with Crippen LogP contribution in [-0.2, 0) is 17.7 Å². The lowest BCUT2D eigenvalue weighted by atomic mass is 9.90. The number of rotatable bonds is 8. The highest BCUT2D eigenvalue weighted by molar-refractivity contribution is 6.26. The summed E-state index contributed by atoms with van der Waals surface area (Å²) in [5.74, 6) is 0.0136. The van der Waals surface area contributed by atoms with Crippen molar-refractivity contribution in [3.63, 3.8) is 0 Å². The average molecular weight is 539 g/mol. The maximum Gasteiger partial charge on any atom is 0.220 e. The predicted octanol–water partition coefficient (Wildman–Crippen LogP) is 3.28. The van der Waals surface area contributed by atoms with E-state index in [1.807, 2.05) is 24.3 Å². The number of ether oxygens (including phenoxy) is 2. The molecular formula is C31H30N4O5. The zero-order valence-electron chi connectivity index (χ0n) is 22.3. The van der Waals surface area contributed by atoms with E-state index >= 15 is 0 Å². The second kappa shape index (κ2) is 11.0. The van der Waals surface area contributed by atoms with Gasteiger partial charge >= 0.3 is 0 Å². The van der Waals surface area contributed by atoms with Crippen molar-refractivity contribution >= 4 is 11.6 Å². The second-order valence-electron chi connectivity index (χ2n) is 10.1. The van der Waals surface area contributed by atoms with Crippen LogP contribution in [0.4, 0.5) is 0 Å². The monoisotopic (exact) mass is 538 g/mol. The van der Waals surface area contributed by atoms with Crippen LogP contribution >= 0.6 is 0 Å². The predicted molar refractivity (Wildman–Crippen MR) is 148 cm³/mol. The molecule has 9 nitrogen and oxygen atoms in total. The number of ketones is 2. The second-order valence-corrected chi connectivity index (χ2v) is 10.1. The molecule has 0 unspecified atom stereocenters. The van der Waals surface area contributed by atoms with Gasteiger partial charge in [0.1, 0.15) is 12.3 Å². The highest BCUT2D eigenvalue weighted by Gasteiger charge is 2.39. The SMILES string of the molecule is COc1cc(CCCN2CCOCC2)ccc1-c1ccc(Cn2c3c(n[n+]2[O-])C(=O)c2ccccc2C3=O)cc1. The summed E-state index contributed by atoms with van der Waals surface area (Å²) in [6, 6.07) is 20.6. The first kappa shape index (κ1) is 25.9. The number of aryl methyl sites for hydroxylation is 1. The van der Waals surface area contributed by atoms with Gasteiger partial charge in [0, 0.05) is 39.8 Å². The summed E-state index contributed by atoms with van der Waals surface area (Å²) in [6.07, 6.45) is 2.05. The topological polar surface area (TPSA) is 101 Å². The molecule has 1 saturated heterocycles. The largest absolute Gasteiger partial charge is 0.571 e. The van der Waals surface area contributed by atoms with Crippen LogP contribution < -0.4 is 9.70 Å². The van der Waals surface area contributed by atoms with Gasteiger partial charge in [-0.2, -0.15) is 0 Å². The zero-order valence-corrected chi connectivity index (χ0v) is 22.3. The molecule has 0 amide bonds. The Balaban J connectivity index is 1.18. The minimum atomic E-state index is -0.416. The molecule has 2 aliphatic rings. The molecule has 0 atom stereocenters. The summed E-state index contributed by atoms with van der Waals surface area (Å²) in [6.45, 7) is 4.79. The first-order valence-corrected chi connectivity index (χ1v) is 13.5. The third-order valence-electron chi connectivity index (χ3n) is 7.63. The van der Waals surface area contributed by atoms with E-state index in [1.54, 1.807) is 31.4 Å². The van der Waals surface area contributed by atoms with E-state index in [-0.39, 0.29) is 34.8 Å². The van der Waals surface area contributed by atoms with Crippen LogP contribution in [0.1, 0.15) is 49.7 Å². The summed E-state index contributed by atoms with van der Waals surface area (Å²) < 4.78 is 12.4. The Morgan fingerprint density at radius 2 is 1.62 bits per heavy atom. The first-order valence-electron chi connectivity index (χ1n) is 13.5. The molecule has 4 aromatic rings. The van der Waals surface area contributed by atoms with Crippen molar-refractivity contribution in [3.8, 4) is 16.9 Å². The van der Waals surface area contributed by atoms with E-state index < -0.39 is 5.78 Å². The minimum Gasteiger partial charge on any atom is -0.571 e. The van der Waals surface area contributed by atoms with Crippen molar-refractivity contribution in [2.45, 2.75) is 19.4 Å². The molecule has 1 aliphatic heterocycles. The fraction of sp³-hybridized carbons (Fsp3) is 0.290. The Kier molecular flexibility index (Phi) is 7.15. The van der Waals surface area contributed by atoms with Gasteiger partial charge in [-0.3, -0.25) is 14.5 Å². The summed E-state index contributed by atoms with van der Waals surface area (Å²) in [5.41, 5.74) is 4.45. The smallest absolute Gasteiger partial charge is 0.220 e. The maximum absolute atomic E-state index is 13.2. The van der Waals surface area contributed by atoms with E-state index in [0.717, 1.165) is 68.1 Å². The van der Waals surface area contributed by atoms with Crippen LogP contribution in [-0.4, -0.2) is 66.2 Å². The van der Waals surface area contributed by atoms with Crippen molar-refractivity contribution in [2.24, 2.45) is 0 Å². The zero-order chi connectivity index (χ0) is 27.6. The van der Waals surface area contributed by atoms with Crippen molar-refractivity contribution < 1.29 is 24.0 Å². The summed E-state index contributed by atoms with van der Waals surface area (Å²) in [5, 5.41) is 16.5. The van der Waals surface area contributed by atoms with E-state index in [4.69, 9.17) is 9.47 Å². The van der Waals surface area contributed by atoms with Crippen LogP contribution in [0.25, 0.3) is 11.1 Å². The Labute approximate surface area is 232 Å². The van der Waals surface area contributed by atoms with Gasteiger partial charge in [-0.15, -0.1) is 4.68 Å². The lowest BCUT2D eigenvalue weighted by molar-refractivity contribution is -0.748. The van der Waals surface area contributed by atoms with Crippen LogP contribution in [0.3, 0.4) is 0 Å². The molecule has 1 aromatic heterocycles. The van der Waals surface area contributed by atoms with E-state index in [2.05, 4.69) is 28.2 Å². The fourth-order valence-electron chi connectivity index (χ4n) is 5.47. The number of hydrogen-bond donors (Lipinski definition) is 0. The van der Waals surface area contributed by atoms with Crippen LogP contribution in [0.5, 0.6) is 5.75 Å². The van der Waals surface area contributed by atoms with Crippen molar-refractivity contribution in [3.05, 3.63) is 106 Å². The molecule has 0 bridgehead atoms. The minimum absolute atomic E-state index is 0.0219. The molecular weight excluding hydrogens is 508 g/mol. The van der Waals surface area contributed by atoms with Gasteiger partial charge in [0.15, 0.2) is 5.69 Å². The average Bonchev–Trinajstić information content (AvgIpc) is 3.32. The highest BCUT2D eigenvalue weighted by atomic mass is 16.5. The number of carbonyl (C=O) groups is 2. The lowest BCUT2D eigenvalue weighted by Crippen LogP contribution is -2.41. The number of fused-ring (bicyclic) bond motifs is 2. The van der Waals surface area contributed by atoms with Crippen molar-refractivity contribution in [1.82, 2.24) is 14.7 Å². The number of hydrogen-bond acceptors (Lipinski definition) is 7. The summed E-state index contributed by atoms with van der Waals surface area (Å²) in [7, 11) is 1.68. The number of methoxy groups -OCH3 is 1. The van der Waals surface area contributed by atoms with Gasteiger partial charge in [-0.05, 0) is 42.1 Å². The lowest BCUT2D eigenvalue weighted by Gasteiger charge is -2.26. The van der Waals surface area contributed by atoms with E-state index in [9.17, 15) is 14.8 Å². The first-order chi connectivity index (χ1) is 19.5. The summed E-state index contributed by atoms with van der Waals surface area (Å²) >= 11 is 0. The Morgan fingerprint density at radius 3 is 2.35 bits per heavy atom. The quantitative estimate of drug-likeness (QED) is 0.221. The van der Waals surface area contributed by atoms with E-state index in [0.29, 0.717) is 4.96 Å². The third kappa shape index (κ3) is 4.89. The van der Waals surface area contributed by atoms with Crippen molar-refractivity contribution in [2.75, 3.05) is 40.0 Å². The maximum atomic E-state index is 13.2. The Bertz CT molecular complexity index is 1570. The van der Waals surface area contributed by atoms with Gasteiger partial charge in [-0.1, -0.05) is 60.7 Å². The Hall–Kier alpha value is -4.34. The van der Waals surface area contributed by atoms with Crippen LogP contribution in [0, 0.1) is 5.21 Å². The fourth-order valence-corrected chi connectivity index (χ4v) is 5.47. The van der Waals surface area contributed by atoms with Crippen molar-refractivity contribution in [1.29, 1.82) is 0 Å². The molecule has 2 heterocycles. The van der Waals surface area contributed by atoms with Gasteiger partial charge in [0.05, 0.1) is 20.3 Å². The number of benzene rings is 3. The molecule has 3 aromatic carbocycles. The molecule has 204 valence electrons. The van der Waals surface area contributed by atoms with Crippen LogP contribution in [0.15, 0.2) is 66.7 Å². The normalized spacial score (nSPS) is 15.1. The van der Waals surface area contributed by atoms with Gasteiger partial charge in [0.2, 0.25) is 17.3 Å². The molecule has 1 fully saturated rings. The molecule has 0 saturated carbocycles. The Morgan fingerprint density at radius 1 is 0.925 bits per heavy atom. The summed E-state index contributed by atoms with van der Waals surface area (Å²) in [4.78, 5) is 28.8. The molecule has 9 heteroatoms. The van der Waals surface area contributed by atoms with Gasteiger partial charge < -0.3 is 14.7 Å². The van der Waals surface area contributed by atoms with Crippen LogP contribution in [0.2, 0.25) is 0 Å². The van der Waals surface area contributed by atoms with Gasteiger partial charge in [0.25, 0.3) is 0 Å². The number of morpholine rings is 1. The molecule has 0 radical (unpaired) electrons. The number of aromatic nitrogens is 3.